The molecule has 1 saturated heterocycles. The molecule has 2 aromatic carbocycles. The normalized spacial score (nSPS) is 15.0. The van der Waals surface area contributed by atoms with Gasteiger partial charge in [-0.1, -0.05) is 50.2 Å². The zero-order chi connectivity index (χ0) is 20.2. The molecule has 4 rings (SSSR count). The molecule has 0 saturated carbocycles. The van der Waals surface area contributed by atoms with Crippen molar-refractivity contribution in [3.63, 3.8) is 0 Å². The Morgan fingerprint density at radius 2 is 1.83 bits per heavy atom. The van der Waals surface area contributed by atoms with Crippen LogP contribution in [0.1, 0.15) is 49.2 Å². The number of rotatable bonds is 6. The monoisotopic (exact) mass is 390 g/mol. The van der Waals surface area contributed by atoms with E-state index in [1.807, 2.05) is 41.3 Å². The van der Waals surface area contributed by atoms with E-state index in [-0.39, 0.29) is 5.91 Å². The Morgan fingerprint density at radius 3 is 2.55 bits per heavy atom. The maximum Gasteiger partial charge on any atom is 0.270 e. The number of piperidine rings is 1. The van der Waals surface area contributed by atoms with Crippen molar-refractivity contribution < 1.29 is 9.53 Å². The summed E-state index contributed by atoms with van der Waals surface area (Å²) in [6, 6.07) is 18.3. The first-order valence-corrected chi connectivity index (χ1v) is 10.8. The minimum Gasteiger partial charge on any atom is -0.488 e. The van der Waals surface area contributed by atoms with Crippen molar-refractivity contribution in [3.8, 4) is 5.75 Å². The molecule has 1 aliphatic heterocycles. The smallest absolute Gasteiger partial charge is 0.270 e. The number of likely N-dealkylation sites (tertiary alicyclic amines) is 1. The molecule has 152 valence electrons. The van der Waals surface area contributed by atoms with Crippen LogP contribution in [0.15, 0.2) is 54.6 Å². The van der Waals surface area contributed by atoms with Crippen LogP contribution in [0.4, 0.5) is 0 Å². The summed E-state index contributed by atoms with van der Waals surface area (Å²) in [4.78, 5) is 15.3. The van der Waals surface area contributed by atoms with Gasteiger partial charge in [-0.25, -0.2) is 0 Å². The van der Waals surface area contributed by atoms with E-state index in [0.717, 1.165) is 66.8 Å². The van der Waals surface area contributed by atoms with Gasteiger partial charge in [-0.2, -0.15) is 0 Å². The van der Waals surface area contributed by atoms with E-state index in [1.54, 1.807) is 0 Å². The van der Waals surface area contributed by atoms with E-state index in [9.17, 15) is 4.79 Å². The van der Waals surface area contributed by atoms with Gasteiger partial charge in [0.2, 0.25) is 0 Å². The minimum atomic E-state index is 0.149. The SMILES string of the molecule is CCCn1c(C(=O)N2CCC(C)CC2)cc2c(OCc3ccccc3)cccc21. The van der Waals surface area contributed by atoms with Crippen LogP contribution in [0.5, 0.6) is 5.75 Å². The summed E-state index contributed by atoms with van der Waals surface area (Å²) in [7, 11) is 0. The number of amides is 1. The molecule has 1 amide bonds. The van der Waals surface area contributed by atoms with Crippen molar-refractivity contribution in [1.82, 2.24) is 9.47 Å². The molecule has 0 unspecified atom stereocenters. The number of hydrogen-bond donors (Lipinski definition) is 0. The summed E-state index contributed by atoms with van der Waals surface area (Å²) in [5.74, 6) is 1.69. The van der Waals surface area contributed by atoms with Crippen molar-refractivity contribution in [3.05, 3.63) is 65.9 Å². The first-order chi connectivity index (χ1) is 14.2. The third-order valence-electron chi connectivity index (χ3n) is 5.88. The largest absolute Gasteiger partial charge is 0.488 e. The molecule has 1 fully saturated rings. The molecular weight excluding hydrogens is 360 g/mol. The number of hydrogen-bond acceptors (Lipinski definition) is 2. The molecule has 0 bridgehead atoms. The Hall–Kier alpha value is -2.75. The van der Waals surface area contributed by atoms with Crippen LogP contribution in [-0.2, 0) is 13.2 Å². The Bertz CT molecular complexity index is 969. The van der Waals surface area contributed by atoms with Crippen molar-refractivity contribution in [1.29, 1.82) is 0 Å². The van der Waals surface area contributed by atoms with Crippen LogP contribution >= 0.6 is 0 Å². The predicted octanol–water partition coefficient (Wildman–Crippen LogP) is 5.50. The van der Waals surface area contributed by atoms with Crippen molar-refractivity contribution in [2.24, 2.45) is 5.92 Å². The lowest BCUT2D eigenvalue weighted by atomic mass is 9.99. The van der Waals surface area contributed by atoms with Crippen molar-refractivity contribution >= 4 is 16.8 Å². The number of benzene rings is 2. The van der Waals surface area contributed by atoms with E-state index in [4.69, 9.17) is 4.74 Å². The van der Waals surface area contributed by atoms with Crippen LogP contribution in [0.25, 0.3) is 10.9 Å². The summed E-state index contributed by atoms with van der Waals surface area (Å²) >= 11 is 0. The maximum absolute atomic E-state index is 13.3. The maximum atomic E-state index is 13.3. The van der Waals surface area contributed by atoms with E-state index < -0.39 is 0 Å². The topological polar surface area (TPSA) is 34.5 Å². The average Bonchev–Trinajstić information content (AvgIpc) is 3.12. The summed E-state index contributed by atoms with van der Waals surface area (Å²) in [6.45, 7) is 7.48. The molecule has 1 aromatic heterocycles. The predicted molar refractivity (Wildman–Crippen MR) is 117 cm³/mol. The first-order valence-electron chi connectivity index (χ1n) is 10.8. The third-order valence-corrected chi connectivity index (χ3v) is 5.88. The molecule has 0 aliphatic carbocycles. The fraction of sp³-hybridized carbons (Fsp3) is 0.400. The zero-order valence-electron chi connectivity index (χ0n) is 17.4. The number of ether oxygens (including phenoxy) is 1. The highest BCUT2D eigenvalue weighted by atomic mass is 16.5. The van der Waals surface area contributed by atoms with Crippen LogP contribution < -0.4 is 4.74 Å². The van der Waals surface area contributed by atoms with Gasteiger partial charge in [0.25, 0.3) is 5.91 Å². The highest BCUT2D eigenvalue weighted by molar-refractivity contribution is 6.00. The van der Waals surface area contributed by atoms with Crippen LogP contribution in [-0.4, -0.2) is 28.5 Å². The first kappa shape index (κ1) is 19.6. The fourth-order valence-corrected chi connectivity index (χ4v) is 4.13. The van der Waals surface area contributed by atoms with Gasteiger partial charge in [0.15, 0.2) is 0 Å². The van der Waals surface area contributed by atoms with Gasteiger partial charge in [-0.3, -0.25) is 4.79 Å². The third kappa shape index (κ3) is 4.16. The number of aryl methyl sites for hydroxylation is 1. The fourth-order valence-electron chi connectivity index (χ4n) is 4.13. The molecule has 29 heavy (non-hydrogen) atoms. The minimum absolute atomic E-state index is 0.149. The molecule has 1 aliphatic rings. The Morgan fingerprint density at radius 1 is 1.07 bits per heavy atom. The summed E-state index contributed by atoms with van der Waals surface area (Å²) in [6.07, 6.45) is 3.16. The summed E-state index contributed by atoms with van der Waals surface area (Å²) in [5, 5.41) is 1.02. The molecule has 0 spiro atoms. The van der Waals surface area contributed by atoms with E-state index in [0.29, 0.717) is 12.5 Å². The van der Waals surface area contributed by atoms with E-state index in [2.05, 4.69) is 36.6 Å². The van der Waals surface area contributed by atoms with Crippen molar-refractivity contribution in [2.75, 3.05) is 13.1 Å². The van der Waals surface area contributed by atoms with Crippen molar-refractivity contribution in [2.45, 2.75) is 46.3 Å². The number of carbonyl (C=O) groups excluding carboxylic acids is 1. The Kier molecular flexibility index (Phi) is 5.89. The standard InChI is InChI=1S/C25H30N2O2/c1-3-14-27-22-10-7-11-24(29-18-20-8-5-4-6-9-20)21(22)17-23(27)25(28)26-15-12-19(2)13-16-26/h4-11,17,19H,3,12-16,18H2,1-2H3. The van der Waals surface area contributed by atoms with Crippen LogP contribution in [0.3, 0.4) is 0 Å². The lowest BCUT2D eigenvalue weighted by molar-refractivity contribution is 0.0686. The van der Waals surface area contributed by atoms with E-state index in [1.165, 1.54) is 0 Å². The Balaban J connectivity index is 1.65. The zero-order valence-corrected chi connectivity index (χ0v) is 17.4. The second kappa shape index (κ2) is 8.73. The second-order valence-electron chi connectivity index (χ2n) is 8.12. The Labute approximate surface area is 173 Å². The molecule has 0 N–H and O–H groups in total. The molecule has 3 aromatic rings. The molecule has 0 atom stereocenters. The molecule has 0 radical (unpaired) electrons. The van der Waals surface area contributed by atoms with Crippen LogP contribution in [0, 0.1) is 5.92 Å². The van der Waals surface area contributed by atoms with Gasteiger partial charge in [0, 0.05) is 25.0 Å². The van der Waals surface area contributed by atoms with Gasteiger partial charge in [-0.05, 0) is 48.9 Å². The van der Waals surface area contributed by atoms with Gasteiger partial charge >= 0.3 is 0 Å². The lowest BCUT2D eigenvalue weighted by Gasteiger charge is -2.30. The van der Waals surface area contributed by atoms with Gasteiger partial charge < -0.3 is 14.2 Å². The lowest BCUT2D eigenvalue weighted by Crippen LogP contribution is -2.38. The number of carbonyl (C=O) groups is 1. The number of nitrogens with zero attached hydrogens (tertiary/aromatic N) is 2. The van der Waals surface area contributed by atoms with E-state index >= 15 is 0 Å². The molecule has 4 nitrogen and oxygen atoms in total. The number of aromatic nitrogens is 1. The highest BCUT2D eigenvalue weighted by Crippen LogP contribution is 2.31. The number of fused-ring (bicyclic) bond motifs is 1. The van der Waals surface area contributed by atoms with Gasteiger partial charge in [0.05, 0.1) is 5.52 Å². The quantitative estimate of drug-likeness (QED) is 0.557. The van der Waals surface area contributed by atoms with Gasteiger partial charge in [-0.15, -0.1) is 0 Å². The average molecular weight is 391 g/mol. The summed E-state index contributed by atoms with van der Waals surface area (Å²) < 4.78 is 8.32. The summed E-state index contributed by atoms with van der Waals surface area (Å²) in [5.41, 5.74) is 2.99. The van der Waals surface area contributed by atoms with Gasteiger partial charge in [0.1, 0.15) is 18.1 Å². The van der Waals surface area contributed by atoms with Crippen LogP contribution in [0.2, 0.25) is 0 Å². The highest BCUT2D eigenvalue weighted by Gasteiger charge is 2.25. The molecule has 4 heteroatoms. The second-order valence-corrected chi connectivity index (χ2v) is 8.12. The molecule has 2 heterocycles. The molecular formula is C25H30N2O2.